The van der Waals surface area contributed by atoms with Crippen molar-refractivity contribution in [3.05, 3.63) is 69.6 Å². The van der Waals surface area contributed by atoms with Crippen LogP contribution in [0.15, 0.2) is 47.5 Å². The van der Waals surface area contributed by atoms with Crippen LogP contribution in [0.4, 0.5) is 0 Å². The average molecular weight is 520 g/mol. The molecule has 4 aromatic rings. The predicted octanol–water partition coefficient (Wildman–Crippen LogP) is 5.91. The van der Waals surface area contributed by atoms with Crippen molar-refractivity contribution in [2.45, 2.75) is 77.8 Å². The molecule has 1 fully saturated rings. The molecule has 37 heavy (non-hydrogen) atoms. The Morgan fingerprint density at radius 2 is 1.84 bits per heavy atom. The lowest BCUT2D eigenvalue weighted by Crippen LogP contribution is -2.28. The summed E-state index contributed by atoms with van der Waals surface area (Å²) in [5.74, 6) is 1.11. The van der Waals surface area contributed by atoms with Gasteiger partial charge in [-0.25, -0.2) is 9.89 Å². The molecule has 1 aliphatic rings. The second-order valence-corrected chi connectivity index (χ2v) is 10.4. The first kappa shape index (κ1) is 25.4. The minimum absolute atomic E-state index is 0.0142. The zero-order valence-electron chi connectivity index (χ0n) is 21.4. The van der Waals surface area contributed by atoms with Crippen molar-refractivity contribution in [1.82, 2.24) is 34.7 Å². The molecule has 8 nitrogen and oxygen atoms in total. The maximum Gasteiger partial charge on any atom is 0.329 e. The molecule has 194 valence electrons. The standard InChI is InChI=1S/C28H34ClN7O/c1-2-3-5-10-25-26(29)36(19-20-8-6-4-7-9-20)28(37)35(25)18-21-11-13-22(14-12-21)23-15-16-30-17-24(23)27-31-33-34-32-27/h11-17,20H,2-10,18-19H2,1H3,(H,31,32,33,34). The molecule has 0 amide bonds. The summed E-state index contributed by atoms with van der Waals surface area (Å²) in [6, 6.07) is 10.2. The Morgan fingerprint density at radius 1 is 1.03 bits per heavy atom. The molecule has 9 heteroatoms. The van der Waals surface area contributed by atoms with Crippen LogP contribution in [0, 0.1) is 5.92 Å². The highest BCUT2D eigenvalue weighted by atomic mass is 35.5. The third-order valence-electron chi connectivity index (χ3n) is 7.47. The first-order valence-corrected chi connectivity index (χ1v) is 13.8. The van der Waals surface area contributed by atoms with Crippen molar-refractivity contribution < 1.29 is 0 Å². The Bertz CT molecular complexity index is 1350. The first-order chi connectivity index (χ1) is 18.2. The minimum atomic E-state index is 0.0142. The van der Waals surface area contributed by atoms with Crippen LogP contribution in [0.2, 0.25) is 5.15 Å². The minimum Gasteiger partial charge on any atom is -0.290 e. The largest absolute Gasteiger partial charge is 0.329 e. The lowest BCUT2D eigenvalue weighted by molar-refractivity contribution is 0.315. The van der Waals surface area contributed by atoms with E-state index in [-0.39, 0.29) is 5.69 Å². The van der Waals surface area contributed by atoms with Crippen LogP contribution in [0.3, 0.4) is 0 Å². The summed E-state index contributed by atoms with van der Waals surface area (Å²) in [5.41, 5.74) is 4.89. The van der Waals surface area contributed by atoms with Gasteiger partial charge in [0.15, 0.2) is 5.82 Å². The predicted molar refractivity (Wildman–Crippen MR) is 145 cm³/mol. The van der Waals surface area contributed by atoms with E-state index in [0.29, 0.717) is 23.4 Å². The number of hydrogen-bond acceptors (Lipinski definition) is 5. The number of hydrogen-bond donors (Lipinski definition) is 1. The normalized spacial score (nSPS) is 14.3. The lowest BCUT2D eigenvalue weighted by atomic mass is 9.89. The van der Waals surface area contributed by atoms with Crippen LogP contribution in [-0.4, -0.2) is 34.7 Å². The summed E-state index contributed by atoms with van der Waals surface area (Å²) in [7, 11) is 0. The number of H-pyrrole nitrogens is 1. The average Bonchev–Trinajstić information content (AvgIpc) is 3.55. The number of rotatable bonds is 10. The van der Waals surface area contributed by atoms with Crippen LogP contribution < -0.4 is 5.69 Å². The molecule has 0 aliphatic heterocycles. The molecule has 0 atom stereocenters. The van der Waals surface area contributed by atoms with Gasteiger partial charge in [0.2, 0.25) is 0 Å². The topological polar surface area (TPSA) is 94.3 Å². The van der Waals surface area contributed by atoms with Gasteiger partial charge in [-0.05, 0) is 64.8 Å². The Kier molecular flexibility index (Phi) is 8.14. The van der Waals surface area contributed by atoms with Crippen molar-refractivity contribution in [2.24, 2.45) is 5.92 Å². The number of halogens is 1. The van der Waals surface area contributed by atoms with Crippen molar-refractivity contribution in [3.8, 4) is 22.5 Å². The summed E-state index contributed by atoms with van der Waals surface area (Å²) in [6.07, 6.45) is 13.8. The van der Waals surface area contributed by atoms with E-state index in [1.54, 1.807) is 12.4 Å². The highest BCUT2D eigenvalue weighted by Gasteiger charge is 2.22. The number of nitrogens with zero attached hydrogens (tertiary/aromatic N) is 6. The third-order valence-corrected chi connectivity index (χ3v) is 7.89. The van der Waals surface area contributed by atoms with E-state index in [2.05, 4.69) is 56.8 Å². The monoisotopic (exact) mass is 519 g/mol. The van der Waals surface area contributed by atoms with Gasteiger partial charge in [-0.2, -0.15) is 0 Å². The zero-order chi connectivity index (χ0) is 25.6. The number of aromatic amines is 1. The van der Waals surface area contributed by atoms with Gasteiger partial charge in [0.25, 0.3) is 0 Å². The molecule has 1 saturated carbocycles. The maximum atomic E-state index is 13.6. The van der Waals surface area contributed by atoms with Gasteiger partial charge in [-0.3, -0.25) is 14.1 Å². The summed E-state index contributed by atoms with van der Waals surface area (Å²) in [5, 5.41) is 14.9. The smallest absolute Gasteiger partial charge is 0.290 e. The maximum absolute atomic E-state index is 13.6. The number of imidazole rings is 1. The molecule has 3 aromatic heterocycles. The number of tetrazole rings is 1. The Hall–Kier alpha value is -3.26. The van der Waals surface area contributed by atoms with Crippen molar-refractivity contribution in [2.75, 3.05) is 0 Å². The van der Waals surface area contributed by atoms with E-state index in [9.17, 15) is 4.79 Å². The second-order valence-electron chi connectivity index (χ2n) is 10.0. The quantitative estimate of drug-likeness (QED) is 0.263. The van der Waals surface area contributed by atoms with Gasteiger partial charge in [0.05, 0.1) is 12.2 Å². The van der Waals surface area contributed by atoms with E-state index >= 15 is 0 Å². The van der Waals surface area contributed by atoms with Crippen molar-refractivity contribution in [3.63, 3.8) is 0 Å². The molecule has 3 heterocycles. The summed E-state index contributed by atoms with van der Waals surface area (Å²) in [4.78, 5) is 17.8. The molecule has 1 aromatic carbocycles. The SMILES string of the molecule is CCCCCc1c(Cl)n(CC2CCCCC2)c(=O)n1Cc1ccc(-c2ccncc2-c2nnn[nH]2)cc1. The van der Waals surface area contributed by atoms with Crippen LogP contribution in [-0.2, 0) is 19.5 Å². The lowest BCUT2D eigenvalue weighted by Gasteiger charge is -2.21. The third kappa shape index (κ3) is 5.69. The van der Waals surface area contributed by atoms with E-state index in [4.69, 9.17) is 11.6 Å². The van der Waals surface area contributed by atoms with Crippen LogP contribution >= 0.6 is 11.6 Å². The number of pyridine rings is 1. The van der Waals surface area contributed by atoms with Crippen LogP contribution in [0.1, 0.15) is 69.5 Å². The fraction of sp³-hybridized carbons (Fsp3) is 0.464. The van der Waals surface area contributed by atoms with Gasteiger partial charge >= 0.3 is 5.69 Å². The molecule has 0 radical (unpaired) electrons. The van der Waals surface area contributed by atoms with Gasteiger partial charge in [-0.1, -0.05) is 74.9 Å². The molecule has 0 spiro atoms. The number of nitrogens with one attached hydrogen (secondary N) is 1. The van der Waals surface area contributed by atoms with Gasteiger partial charge in [0, 0.05) is 24.5 Å². The molecular weight excluding hydrogens is 486 g/mol. The van der Waals surface area contributed by atoms with Gasteiger partial charge in [0.1, 0.15) is 5.15 Å². The zero-order valence-corrected chi connectivity index (χ0v) is 22.1. The molecular formula is C28H34ClN7O. The molecule has 0 bridgehead atoms. The van der Waals surface area contributed by atoms with Gasteiger partial charge < -0.3 is 0 Å². The second kappa shape index (κ2) is 11.9. The molecule has 1 N–H and O–H groups in total. The van der Waals surface area contributed by atoms with E-state index in [1.807, 2.05) is 15.2 Å². The Labute approximate surface area is 222 Å². The fourth-order valence-electron chi connectivity index (χ4n) is 5.42. The van der Waals surface area contributed by atoms with E-state index in [1.165, 1.54) is 32.1 Å². The summed E-state index contributed by atoms with van der Waals surface area (Å²) < 4.78 is 3.73. The van der Waals surface area contributed by atoms with E-state index in [0.717, 1.165) is 60.2 Å². The Morgan fingerprint density at radius 3 is 2.57 bits per heavy atom. The molecule has 1 aliphatic carbocycles. The molecule has 5 rings (SSSR count). The van der Waals surface area contributed by atoms with Crippen LogP contribution in [0.5, 0.6) is 0 Å². The Balaban J connectivity index is 1.42. The number of unbranched alkanes of at least 4 members (excludes halogenated alkanes) is 2. The first-order valence-electron chi connectivity index (χ1n) is 13.4. The van der Waals surface area contributed by atoms with Gasteiger partial charge in [-0.15, -0.1) is 5.10 Å². The van der Waals surface area contributed by atoms with E-state index < -0.39 is 0 Å². The van der Waals surface area contributed by atoms with Crippen molar-refractivity contribution in [1.29, 1.82) is 0 Å². The highest BCUT2D eigenvalue weighted by molar-refractivity contribution is 6.30. The summed E-state index contributed by atoms with van der Waals surface area (Å²) >= 11 is 6.89. The summed E-state index contributed by atoms with van der Waals surface area (Å²) in [6.45, 7) is 3.43. The number of aromatic nitrogens is 7. The van der Waals surface area contributed by atoms with Crippen molar-refractivity contribution >= 4 is 11.6 Å². The van der Waals surface area contributed by atoms with Crippen LogP contribution in [0.25, 0.3) is 22.5 Å². The fourth-order valence-corrected chi connectivity index (χ4v) is 5.76. The molecule has 0 unspecified atom stereocenters. The highest BCUT2D eigenvalue weighted by Crippen LogP contribution is 2.30. The molecule has 0 saturated heterocycles. The number of benzene rings is 1.